The number of hydrogen-bond acceptors (Lipinski definition) is 3. The van der Waals surface area contributed by atoms with Gasteiger partial charge in [-0.2, -0.15) is 0 Å². The number of morpholine rings is 1. The van der Waals surface area contributed by atoms with Crippen LogP contribution in [0.3, 0.4) is 0 Å². The average molecular weight is 312 g/mol. The second-order valence-electron chi connectivity index (χ2n) is 6.14. The molecule has 3 rings (SSSR count). The van der Waals surface area contributed by atoms with Crippen LogP contribution in [0.5, 0.6) is 0 Å². The first-order valence-corrected chi connectivity index (χ1v) is 8.20. The van der Waals surface area contributed by atoms with Gasteiger partial charge in [-0.15, -0.1) is 0 Å². The zero-order valence-corrected chi connectivity index (χ0v) is 14.1. The lowest BCUT2D eigenvalue weighted by atomic mass is 10.0. The van der Waals surface area contributed by atoms with Crippen LogP contribution in [0.4, 0.5) is 0 Å². The van der Waals surface area contributed by atoms with Crippen LogP contribution >= 0.6 is 0 Å². The number of hydrogen-bond donors (Lipinski definition) is 0. The Bertz CT molecular complexity index is 685. The first-order valence-electron chi connectivity index (χ1n) is 8.20. The molecule has 23 heavy (non-hydrogen) atoms. The van der Waals surface area contributed by atoms with Crippen molar-refractivity contribution in [3.8, 4) is 5.69 Å². The van der Waals surface area contributed by atoms with E-state index in [2.05, 4.69) is 28.5 Å². The maximum Gasteiger partial charge on any atom is 0.181 e. The molecule has 0 N–H and O–H groups in total. The van der Waals surface area contributed by atoms with Gasteiger partial charge in [-0.05, 0) is 39.0 Å². The van der Waals surface area contributed by atoms with Gasteiger partial charge < -0.3 is 9.30 Å². The molecule has 122 valence electrons. The summed E-state index contributed by atoms with van der Waals surface area (Å²) in [6.07, 6.45) is 0. The minimum atomic E-state index is -0.108. The summed E-state index contributed by atoms with van der Waals surface area (Å²) in [6, 6.07) is 12.1. The average Bonchev–Trinajstić information content (AvgIpc) is 2.89. The number of Topliss-reactive ketones (excluding diaryl/α,β-unsaturated/α-hetero) is 1. The van der Waals surface area contributed by atoms with E-state index in [1.807, 2.05) is 38.1 Å². The van der Waals surface area contributed by atoms with Gasteiger partial charge in [0.2, 0.25) is 0 Å². The van der Waals surface area contributed by atoms with E-state index < -0.39 is 0 Å². The fourth-order valence-corrected chi connectivity index (χ4v) is 3.34. The Morgan fingerprint density at radius 2 is 1.78 bits per heavy atom. The number of carbonyl (C=O) groups is 1. The second kappa shape index (κ2) is 6.69. The van der Waals surface area contributed by atoms with Gasteiger partial charge in [-0.25, -0.2) is 0 Å². The monoisotopic (exact) mass is 312 g/mol. The van der Waals surface area contributed by atoms with Gasteiger partial charge >= 0.3 is 0 Å². The van der Waals surface area contributed by atoms with Gasteiger partial charge in [-0.3, -0.25) is 9.69 Å². The number of carbonyl (C=O) groups excluding carboxylic acids is 1. The Morgan fingerprint density at radius 1 is 1.13 bits per heavy atom. The fourth-order valence-electron chi connectivity index (χ4n) is 3.34. The van der Waals surface area contributed by atoms with Gasteiger partial charge in [0, 0.05) is 35.7 Å². The molecule has 4 heteroatoms. The molecule has 1 fully saturated rings. The van der Waals surface area contributed by atoms with E-state index in [-0.39, 0.29) is 11.8 Å². The first-order chi connectivity index (χ1) is 11.1. The summed E-state index contributed by atoms with van der Waals surface area (Å²) in [5.41, 5.74) is 4.02. The van der Waals surface area contributed by atoms with E-state index >= 15 is 0 Å². The van der Waals surface area contributed by atoms with Crippen molar-refractivity contribution in [1.82, 2.24) is 9.47 Å². The van der Waals surface area contributed by atoms with Crippen LogP contribution in [-0.2, 0) is 4.74 Å². The Labute approximate surface area is 137 Å². The van der Waals surface area contributed by atoms with Crippen molar-refractivity contribution in [3.63, 3.8) is 0 Å². The van der Waals surface area contributed by atoms with Gasteiger partial charge in [0.25, 0.3) is 0 Å². The molecular weight excluding hydrogens is 288 g/mol. The van der Waals surface area contributed by atoms with Crippen molar-refractivity contribution < 1.29 is 9.53 Å². The third-order valence-electron chi connectivity index (χ3n) is 4.68. The summed E-state index contributed by atoms with van der Waals surface area (Å²) < 4.78 is 7.54. The van der Waals surface area contributed by atoms with Gasteiger partial charge in [0.15, 0.2) is 5.78 Å². The van der Waals surface area contributed by atoms with Crippen LogP contribution in [0, 0.1) is 13.8 Å². The van der Waals surface area contributed by atoms with Gasteiger partial charge in [0.05, 0.1) is 19.3 Å². The Hall–Kier alpha value is -1.91. The third-order valence-corrected chi connectivity index (χ3v) is 4.68. The topological polar surface area (TPSA) is 34.5 Å². The van der Waals surface area contributed by atoms with Crippen molar-refractivity contribution >= 4 is 5.78 Å². The number of ether oxygens (including phenoxy) is 1. The Kier molecular flexibility index (Phi) is 4.64. The summed E-state index contributed by atoms with van der Waals surface area (Å²) in [6.45, 7) is 9.15. The minimum Gasteiger partial charge on any atom is -0.379 e. The largest absolute Gasteiger partial charge is 0.379 e. The SMILES string of the molecule is Cc1cc(C(=O)[C@H](C)N2CCOCC2)c(C)n1-c1ccccc1. The molecule has 1 aliphatic rings. The minimum absolute atomic E-state index is 0.108. The number of benzene rings is 1. The van der Waals surface area contributed by atoms with Gasteiger partial charge in [0.1, 0.15) is 0 Å². The lowest BCUT2D eigenvalue weighted by molar-refractivity contribution is 0.0208. The first kappa shape index (κ1) is 16.0. The van der Waals surface area contributed by atoms with Gasteiger partial charge in [-0.1, -0.05) is 18.2 Å². The predicted molar refractivity (Wildman–Crippen MR) is 91.4 cm³/mol. The molecule has 1 atom stereocenters. The van der Waals surface area contributed by atoms with Crippen LogP contribution < -0.4 is 0 Å². The molecule has 0 spiro atoms. The molecule has 2 aromatic rings. The van der Waals surface area contributed by atoms with Crippen LogP contribution in [0.15, 0.2) is 36.4 Å². The highest BCUT2D eigenvalue weighted by molar-refractivity contribution is 6.01. The molecule has 1 saturated heterocycles. The molecule has 0 unspecified atom stereocenters. The summed E-state index contributed by atoms with van der Waals surface area (Å²) >= 11 is 0. The molecule has 4 nitrogen and oxygen atoms in total. The highest BCUT2D eigenvalue weighted by Gasteiger charge is 2.27. The summed E-state index contributed by atoms with van der Waals surface area (Å²) in [5.74, 6) is 0.196. The lowest BCUT2D eigenvalue weighted by Crippen LogP contribution is -2.45. The van der Waals surface area contributed by atoms with E-state index in [1.54, 1.807) is 0 Å². The summed E-state index contributed by atoms with van der Waals surface area (Å²) in [5, 5.41) is 0. The standard InChI is InChI=1S/C19H24N2O2/c1-14-13-18(15(2)21(14)17-7-5-4-6-8-17)19(22)16(3)20-9-11-23-12-10-20/h4-8,13,16H,9-12H2,1-3H3/t16-/m0/s1. The van der Waals surface area contributed by atoms with Crippen LogP contribution in [0.1, 0.15) is 28.7 Å². The molecule has 0 saturated carbocycles. The van der Waals surface area contributed by atoms with Crippen molar-refractivity contribution in [2.24, 2.45) is 0 Å². The van der Waals surface area contributed by atoms with Crippen molar-refractivity contribution in [1.29, 1.82) is 0 Å². The number of para-hydroxylation sites is 1. The second-order valence-corrected chi connectivity index (χ2v) is 6.14. The molecule has 1 aliphatic heterocycles. The Morgan fingerprint density at radius 3 is 2.43 bits per heavy atom. The van der Waals surface area contributed by atoms with E-state index in [4.69, 9.17) is 4.74 Å². The van der Waals surface area contributed by atoms with Crippen LogP contribution in [0.25, 0.3) is 5.69 Å². The predicted octanol–water partition coefficient (Wildman–Crippen LogP) is 3.00. The molecule has 0 bridgehead atoms. The van der Waals surface area contributed by atoms with E-state index in [9.17, 15) is 4.79 Å². The molecule has 1 aromatic carbocycles. The maximum absolute atomic E-state index is 13.0. The zero-order valence-electron chi connectivity index (χ0n) is 14.1. The van der Waals surface area contributed by atoms with E-state index in [0.29, 0.717) is 13.2 Å². The van der Waals surface area contributed by atoms with Crippen molar-refractivity contribution in [3.05, 3.63) is 53.3 Å². The third kappa shape index (κ3) is 3.09. The highest BCUT2D eigenvalue weighted by Crippen LogP contribution is 2.23. The van der Waals surface area contributed by atoms with Crippen molar-refractivity contribution in [2.45, 2.75) is 26.8 Å². The fraction of sp³-hybridized carbons (Fsp3) is 0.421. The molecule has 1 aromatic heterocycles. The smallest absolute Gasteiger partial charge is 0.181 e. The van der Waals surface area contributed by atoms with E-state index in [1.165, 1.54) is 0 Å². The maximum atomic E-state index is 13.0. The number of rotatable bonds is 4. The molecular formula is C19H24N2O2. The quantitative estimate of drug-likeness (QED) is 0.814. The van der Waals surface area contributed by atoms with Crippen molar-refractivity contribution in [2.75, 3.05) is 26.3 Å². The number of ketones is 1. The van der Waals surface area contributed by atoms with E-state index in [0.717, 1.165) is 35.7 Å². The highest BCUT2D eigenvalue weighted by atomic mass is 16.5. The molecule has 0 radical (unpaired) electrons. The van der Waals surface area contributed by atoms with Crippen LogP contribution in [-0.4, -0.2) is 47.6 Å². The zero-order chi connectivity index (χ0) is 16.4. The Balaban J connectivity index is 1.90. The molecule has 0 aliphatic carbocycles. The molecule has 2 heterocycles. The molecule has 0 amide bonds. The summed E-state index contributed by atoms with van der Waals surface area (Å²) in [4.78, 5) is 15.2. The van der Waals surface area contributed by atoms with Crippen LogP contribution in [0.2, 0.25) is 0 Å². The number of aryl methyl sites for hydroxylation is 1. The number of aromatic nitrogens is 1. The lowest BCUT2D eigenvalue weighted by Gasteiger charge is -2.31. The number of nitrogens with zero attached hydrogens (tertiary/aromatic N) is 2. The normalized spacial score (nSPS) is 17.2. The summed E-state index contributed by atoms with van der Waals surface area (Å²) in [7, 11) is 0.